The van der Waals surface area contributed by atoms with Crippen molar-refractivity contribution in [2.75, 3.05) is 18.1 Å². The first-order chi connectivity index (χ1) is 12.9. The number of para-hydroxylation sites is 1. The molecule has 27 heavy (non-hydrogen) atoms. The van der Waals surface area contributed by atoms with Crippen LogP contribution in [0.5, 0.6) is 5.75 Å². The summed E-state index contributed by atoms with van der Waals surface area (Å²) in [5.41, 5.74) is 3.81. The van der Waals surface area contributed by atoms with Gasteiger partial charge in [-0.05, 0) is 43.5 Å². The third kappa shape index (κ3) is 3.93. The first kappa shape index (κ1) is 19.2. The van der Waals surface area contributed by atoms with E-state index in [1.165, 1.54) is 6.92 Å². The number of hydrogen-bond acceptors (Lipinski definition) is 3. The Hall–Kier alpha value is -2.53. The average Bonchev–Trinajstić information content (AvgIpc) is 2.90. The number of anilines is 1. The van der Waals surface area contributed by atoms with Crippen LogP contribution >= 0.6 is 11.6 Å². The normalized spacial score (nSPS) is 15.6. The van der Waals surface area contributed by atoms with E-state index in [0.717, 1.165) is 22.4 Å². The first-order valence-electron chi connectivity index (χ1n) is 8.96. The minimum atomic E-state index is -0.623. The van der Waals surface area contributed by atoms with Crippen LogP contribution in [0.25, 0.3) is 0 Å². The summed E-state index contributed by atoms with van der Waals surface area (Å²) in [4.78, 5) is 26.3. The van der Waals surface area contributed by atoms with E-state index in [9.17, 15) is 9.59 Å². The number of nitrogens with one attached hydrogen (secondary N) is 1. The topological polar surface area (TPSA) is 58.6 Å². The van der Waals surface area contributed by atoms with Gasteiger partial charge in [0.05, 0.1) is 17.3 Å². The van der Waals surface area contributed by atoms with E-state index in [-0.39, 0.29) is 11.8 Å². The fourth-order valence-electron chi connectivity index (χ4n) is 3.46. The van der Waals surface area contributed by atoms with Gasteiger partial charge in [0.15, 0.2) is 0 Å². The fourth-order valence-corrected chi connectivity index (χ4v) is 3.65. The molecule has 0 fully saturated rings. The molecule has 1 atom stereocenters. The van der Waals surface area contributed by atoms with Gasteiger partial charge in [-0.3, -0.25) is 9.59 Å². The van der Waals surface area contributed by atoms with Gasteiger partial charge in [-0.2, -0.15) is 0 Å². The van der Waals surface area contributed by atoms with E-state index < -0.39 is 6.04 Å². The predicted molar refractivity (Wildman–Crippen MR) is 106 cm³/mol. The second-order valence-corrected chi connectivity index (χ2v) is 7.12. The van der Waals surface area contributed by atoms with Gasteiger partial charge in [0, 0.05) is 19.0 Å². The molecule has 2 aromatic rings. The smallest absolute Gasteiger partial charge is 0.254 e. The summed E-state index contributed by atoms with van der Waals surface area (Å²) in [6.45, 7) is 6.33. The van der Waals surface area contributed by atoms with E-state index in [2.05, 4.69) is 5.32 Å². The molecule has 5 nitrogen and oxygen atoms in total. The summed E-state index contributed by atoms with van der Waals surface area (Å²) in [5, 5.41) is 3.36. The van der Waals surface area contributed by atoms with Gasteiger partial charge in [0.2, 0.25) is 5.91 Å². The van der Waals surface area contributed by atoms with Crippen LogP contribution in [-0.2, 0) is 9.59 Å². The van der Waals surface area contributed by atoms with Gasteiger partial charge >= 0.3 is 0 Å². The second kappa shape index (κ2) is 8.01. The zero-order valence-electron chi connectivity index (χ0n) is 15.7. The van der Waals surface area contributed by atoms with Gasteiger partial charge in [0.1, 0.15) is 11.8 Å². The van der Waals surface area contributed by atoms with Crippen LogP contribution < -0.4 is 15.0 Å². The lowest BCUT2D eigenvalue weighted by molar-refractivity contribution is -0.126. The van der Waals surface area contributed by atoms with Crippen LogP contribution in [0, 0.1) is 13.8 Å². The van der Waals surface area contributed by atoms with E-state index in [0.29, 0.717) is 30.3 Å². The Balaban J connectivity index is 1.74. The van der Waals surface area contributed by atoms with Gasteiger partial charge in [-0.25, -0.2) is 0 Å². The van der Waals surface area contributed by atoms with Crippen LogP contribution in [0.1, 0.15) is 36.1 Å². The molecule has 3 rings (SSSR count). The molecule has 6 heteroatoms. The highest BCUT2D eigenvalue weighted by Gasteiger charge is 2.39. The Morgan fingerprint density at radius 1 is 1.19 bits per heavy atom. The van der Waals surface area contributed by atoms with Gasteiger partial charge in [-0.15, -0.1) is 0 Å². The predicted octanol–water partition coefficient (Wildman–Crippen LogP) is 3.95. The summed E-state index contributed by atoms with van der Waals surface area (Å²) in [5.74, 6) is 0.315. The number of rotatable bonds is 6. The van der Waals surface area contributed by atoms with Crippen molar-refractivity contribution in [3.05, 3.63) is 58.1 Å². The lowest BCUT2D eigenvalue weighted by Crippen LogP contribution is -2.37. The molecule has 1 unspecified atom stereocenters. The van der Waals surface area contributed by atoms with Gasteiger partial charge in [-0.1, -0.05) is 35.9 Å². The van der Waals surface area contributed by atoms with Crippen LogP contribution in [-0.4, -0.2) is 25.0 Å². The summed E-state index contributed by atoms with van der Waals surface area (Å²) in [6, 6.07) is 10.7. The summed E-state index contributed by atoms with van der Waals surface area (Å²) in [7, 11) is 0. The Morgan fingerprint density at radius 3 is 2.59 bits per heavy atom. The number of amides is 2. The first-order valence-corrected chi connectivity index (χ1v) is 9.34. The lowest BCUT2D eigenvalue weighted by Gasteiger charge is -2.20. The van der Waals surface area contributed by atoms with E-state index in [1.807, 2.05) is 44.2 Å². The Morgan fingerprint density at radius 2 is 1.89 bits per heavy atom. The zero-order valence-corrected chi connectivity index (χ0v) is 16.5. The van der Waals surface area contributed by atoms with Crippen molar-refractivity contribution >= 4 is 29.1 Å². The molecule has 1 N–H and O–H groups in total. The number of fused-ring (bicyclic) bond motifs is 1. The van der Waals surface area contributed by atoms with Crippen molar-refractivity contribution in [2.45, 2.75) is 33.2 Å². The monoisotopic (exact) mass is 386 g/mol. The zero-order chi connectivity index (χ0) is 19.6. The number of hydrogen-bond donors (Lipinski definition) is 1. The van der Waals surface area contributed by atoms with Crippen LogP contribution in [0.4, 0.5) is 5.69 Å². The Kier molecular flexibility index (Phi) is 5.71. The molecule has 1 heterocycles. The molecular formula is C21H23ClN2O3. The average molecular weight is 387 g/mol. The molecule has 2 amide bonds. The molecule has 0 aromatic heterocycles. The highest BCUT2D eigenvalue weighted by Crippen LogP contribution is 2.40. The Bertz CT molecular complexity index is 882. The fraction of sp³-hybridized carbons (Fsp3) is 0.333. The van der Waals surface area contributed by atoms with E-state index >= 15 is 0 Å². The highest BCUT2D eigenvalue weighted by molar-refractivity contribution is 6.32. The maximum absolute atomic E-state index is 13.0. The van der Waals surface area contributed by atoms with Crippen LogP contribution in [0.15, 0.2) is 36.4 Å². The quantitative estimate of drug-likeness (QED) is 0.765. The molecule has 0 spiro atoms. The molecule has 0 radical (unpaired) electrons. The van der Waals surface area contributed by atoms with Crippen LogP contribution in [0.3, 0.4) is 0 Å². The number of nitrogens with zero attached hydrogens (tertiary/aromatic N) is 1. The van der Waals surface area contributed by atoms with Crippen LogP contribution in [0.2, 0.25) is 5.02 Å². The third-order valence-electron chi connectivity index (χ3n) is 4.68. The largest absolute Gasteiger partial charge is 0.492 e. The third-order valence-corrected chi connectivity index (χ3v) is 4.99. The van der Waals surface area contributed by atoms with Crippen molar-refractivity contribution < 1.29 is 14.3 Å². The number of carbonyl (C=O) groups excluding carboxylic acids is 2. The molecule has 1 aliphatic heterocycles. The molecule has 0 bridgehead atoms. The molecule has 0 aliphatic carbocycles. The molecule has 1 aliphatic rings. The number of carbonyl (C=O) groups is 2. The minimum absolute atomic E-state index is 0.102. The van der Waals surface area contributed by atoms with Gasteiger partial charge in [0.25, 0.3) is 5.91 Å². The molecule has 0 saturated carbocycles. The van der Waals surface area contributed by atoms with E-state index in [4.69, 9.17) is 16.3 Å². The molecule has 142 valence electrons. The minimum Gasteiger partial charge on any atom is -0.492 e. The number of benzene rings is 2. The van der Waals surface area contributed by atoms with E-state index in [1.54, 1.807) is 11.0 Å². The van der Waals surface area contributed by atoms with Gasteiger partial charge < -0.3 is 15.0 Å². The lowest BCUT2D eigenvalue weighted by atomic mass is 9.99. The van der Waals surface area contributed by atoms with Crippen molar-refractivity contribution in [3.63, 3.8) is 0 Å². The van der Waals surface area contributed by atoms with Crippen molar-refractivity contribution in [1.82, 2.24) is 5.32 Å². The van der Waals surface area contributed by atoms with Crippen molar-refractivity contribution in [2.24, 2.45) is 0 Å². The molecular weight excluding hydrogens is 364 g/mol. The maximum atomic E-state index is 13.0. The molecule has 0 saturated heterocycles. The summed E-state index contributed by atoms with van der Waals surface area (Å²) < 4.78 is 5.73. The highest BCUT2D eigenvalue weighted by atomic mass is 35.5. The SMILES string of the molecule is CC(=O)NC1C(=O)N(CCCOc2ccccc2Cl)c2c(C)ccc(C)c21. The maximum Gasteiger partial charge on any atom is 0.254 e. The Labute approximate surface area is 164 Å². The number of aryl methyl sites for hydroxylation is 2. The second-order valence-electron chi connectivity index (χ2n) is 6.72. The number of ether oxygens (including phenoxy) is 1. The summed E-state index contributed by atoms with van der Waals surface area (Å²) in [6.07, 6.45) is 0.649. The van der Waals surface area contributed by atoms with Crippen molar-refractivity contribution in [1.29, 1.82) is 0 Å². The van der Waals surface area contributed by atoms with Crippen molar-refractivity contribution in [3.8, 4) is 5.75 Å². The molecule has 2 aromatic carbocycles. The standard InChI is InChI=1S/C21H23ClN2O3/c1-13-9-10-14(2)20-18(13)19(23-15(3)25)21(26)24(20)11-6-12-27-17-8-5-4-7-16(17)22/h4-5,7-10,19H,6,11-12H2,1-3H3,(H,23,25). The summed E-state index contributed by atoms with van der Waals surface area (Å²) >= 11 is 6.10. The number of halogens is 1.